The van der Waals surface area contributed by atoms with Gasteiger partial charge in [0.25, 0.3) is 5.91 Å². The van der Waals surface area contributed by atoms with E-state index in [0.29, 0.717) is 38.2 Å². The lowest BCUT2D eigenvalue weighted by atomic mass is 9.95. The maximum Gasteiger partial charge on any atom is 0.317 e. The molecule has 1 saturated carbocycles. The Balaban J connectivity index is 1.29. The number of nitrogens with zero attached hydrogens (tertiary/aromatic N) is 4. The molecule has 1 aromatic heterocycles. The summed E-state index contributed by atoms with van der Waals surface area (Å²) in [4.78, 5) is 38.8. The fraction of sp³-hybridized carbons (Fsp3) is 0.619. The van der Waals surface area contributed by atoms with Gasteiger partial charge in [-0.3, -0.25) is 9.78 Å². The summed E-state index contributed by atoms with van der Waals surface area (Å²) in [6.45, 7) is 1.51. The Morgan fingerprint density at radius 1 is 1.31 bits per heavy atom. The second-order valence-electron chi connectivity index (χ2n) is 8.43. The van der Waals surface area contributed by atoms with Crippen LogP contribution in [0.1, 0.15) is 50.6 Å². The predicted octanol–water partition coefficient (Wildman–Crippen LogP) is 2.30. The monoisotopic (exact) mass is 399 g/mol. The molecule has 8 heteroatoms. The van der Waals surface area contributed by atoms with Crippen molar-refractivity contribution in [3.05, 3.63) is 30.1 Å². The van der Waals surface area contributed by atoms with Gasteiger partial charge in [-0.25, -0.2) is 4.79 Å². The molecule has 3 amide bonds. The molecule has 2 aliphatic heterocycles. The molecule has 3 heterocycles. The zero-order chi connectivity index (χ0) is 20.3. The predicted molar refractivity (Wildman–Crippen MR) is 108 cm³/mol. The largest absolute Gasteiger partial charge is 0.386 e. The van der Waals surface area contributed by atoms with E-state index in [9.17, 15) is 9.59 Å². The van der Waals surface area contributed by atoms with Crippen LogP contribution in [0.2, 0.25) is 0 Å². The lowest BCUT2D eigenvalue weighted by Crippen LogP contribution is -2.46. The molecule has 1 saturated heterocycles. The zero-order valence-electron chi connectivity index (χ0n) is 17.0. The van der Waals surface area contributed by atoms with Crippen molar-refractivity contribution < 1.29 is 14.4 Å². The van der Waals surface area contributed by atoms with Gasteiger partial charge < -0.3 is 20.0 Å². The van der Waals surface area contributed by atoms with Crippen LogP contribution in [-0.2, 0) is 16.2 Å². The van der Waals surface area contributed by atoms with Crippen LogP contribution in [0.15, 0.2) is 29.6 Å². The Labute approximate surface area is 171 Å². The number of amides is 3. The third kappa shape index (κ3) is 4.52. The molecule has 0 aromatic carbocycles. The van der Waals surface area contributed by atoms with Crippen molar-refractivity contribution in [1.29, 1.82) is 0 Å². The van der Waals surface area contributed by atoms with Crippen LogP contribution >= 0.6 is 0 Å². The molecule has 1 spiro atoms. The summed E-state index contributed by atoms with van der Waals surface area (Å²) in [6, 6.07) is 5.89. The van der Waals surface area contributed by atoms with Gasteiger partial charge in [0.05, 0.1) is 18.8 Å². The topological polar surface area (TPSA) is 87.1 Å². The van der Waals surface area contributed by atoms with Crippen molar-refractivity contribution >= 4 is 17.6 Å². The minimum Gasteiger partial charge on any atom is -0.386 e. The van der Waals surface area contributed by atoms with Crippen LogP contribution in [-0.4, -0.2) is 64.2 Å². The molecule has 0 bridgehead atoms. The first-order valence-electron chi connectivity index (χ1n) is 10.5. The minimum atomic E-state index is -0.569. The Morgan fingerprint density at radius 2 is 2.14 bits per heavy atom. The van der Waals surface area contributed by atoms with Crippen molar-refractivity contribution in [3.8, 4) is 0 Å². The standard InChI is InChI=1S/C21H29N5O3/c1-25(14-17-9-5-6-11-22-17)19(27)18-13-21(29-24-18)10-12-26(15-21)20(28)23-16-7-3-2-4-8-16/h5-6,9,11,16H,2-4,7-8,10,12-15H2,1H3,(H,23,28)/t21-/m1/s1. The van der Waals surface area contributed by atoms with Crippen molar-refractivity contribution in [2.24, 2.45) is 5.16 Å². The molecular formula is C21H29N5O3. The lowest BCUT2D eigenvalue weighted by molar-refractivity contribution is -0.123. The smallest absolute Gasteiger partial charge is 0.317 e. The molecule has 1 aliphatic carbocycles. The lowest BCUT2D eigenvalue weighted by Gasteiger charge is -2.27. The third-order valence-corrected chi connectivity index (χ3v) is 6.09. The van der Waals surface area contributed by atoms with Gasteiger partial charge in [0.15, 0.2) is 5.60 Å². The van der Waals surface area contributed by atoms with E-state index < -0.39 is 5.60 Å². The number of aromatic nitrogens is 1. The number of likely N-dealkylation sites (tertiary alicyclic amines) is 1. The molecular weight excluding hydrogens is 370 g/mol. The molecule has 1 aromatic rings. The van der Waals surface area contributed by atoms with E-state index >= 15 is 0 Å². The van der Waals surface area contributed by atoms with Gasteiger partial charge >= 0.3 is 6.03 Å². The van der Waals surface area contributed by atoms with Crippen LogP contribution in [0.25, 0.3) is 0 Å². The highest BCUT2D eigenvalue weighted by Gasteiger charge is 2.48. The Hall–Kier alpha value is -2.64. The van der Waals surface area contributed by atoms with E-state index in [4.69, 9.17) is 4.84 Å². The fourth-order valence-electron chi connectivity index (χ4n) is 4.41. The molecule has 156 valence electrons. The van der Waals surface area contributed by atoms with E-state index in [1.54, 1.807) is 23.0 Å². The molecule has 4 rings (SSSR count). The number of oxime groups is 1. The van der Waals surface area contributed by atoms with Crippen LogP contribution < -0.4 is 5.32 Å². The second-order valence-corrected chi connectivity index (χ2v) is 8.43. The van der Waals surface area contributed by atoms with Gasteiger partial charge in [-0.2, -0.15) is 0 Å². The minimum absolute atomic E-state index is 0.0237. The number of rotatable bonds is 4. The molecule has 0 radical (unpaired) electrons. The van der Waals surface area contributed by atoms with Crippen LogP contribution in [0.5, 0.6) is 0 Å². The highest BCUT2D eigenvalue weighted by molar-refractivity contribution is 6.39. The van der Waals surface area contributed by atoms with Gasteiger partial charge in [-0.15, -0.1) is 0 Å². The summed E-state index contributed by atoms with van der Waals surface area (Å²) >= 11 is 0. The van der Waals surface area contributed by atoms with Gasteiger partial charge in [0.1, 0.15) is 5.71 Å². The van der Waals surface area contributed by atoms with Crippen LogP contribution in [0.4, 0.5) is 4.79 Å². The summed E-state index contributed by atoms with van der Waals surface area (Å²) in [7, 11) is 1.74. The molecule has 3 aliphatic rings. The quantitative estimate of drug-likeness (QED) is 0.842. The summed E-state index contributed by atoms with van der Waals surface area (Å²) in [5, 5.41) is 7.25. The molecule has 8 nitrogen and oxygen atoms in total. The van der Waals surface area contributed by atoms with E-state index in [1.807, 2.05) is 18.2 Å². The maximum absolute atomic E-state index is 12.8. The average Bonchev–Trinajstić information content (AvgIpc) is 3.36. The first kappa shape index (κ1) is 19.7. The number of carbonyl (C=O) groups is 2. The third-order valence-electron chi connectivity index (χ3n) is 6.09. The maximum atomic E-state index is 12.8. The van der Waals surface area contributed by atoms with Crippen molar-refractivity contribution in [2.45, 2.75) is 63.1 Å². The summed E-state index contributed by atoms with van der Waals surface area (Å²) in [5.41, 5.74) is 0.669. The average molecular weight is 399 g/mol. The molecule has 1 atom stereocenters. The number of hydrogen-bond donors (Lipinski definition) is 1. The summed E-state index contributed by atoms with van der Waals surface area (Å²) in [5.74, 6) is -0.155. The number of nitrogens with one attached hydrogen (secondary N) is 1. The van der Waals surface area contributed by atoms with E-state index in [0.717, 1.165) is 18.5 Å². The SMILES string of the molecule is CN(Cc1ccccn1)C(=O)C1=NO[C@]2(CCN(C(=O)NC3CCCCC3)C2)C1. The van der Waals surface area contributed by atoms with E-state index in [-0.39, 0.29) is 18.0 Å². The molecule has 29 heavy (non-hydrogen) atoms. The number of hydrogen-bond acceptors (Lipinski definition) is 5. The van der Waals surface area contributed by atoms with Gasteiger partial charge in [-0.1, -0.05) is 30.5 Å². The number of urea groups is 1. The first-order valence-corrected chi connectivity index (χ1v) is 10.5. The number of pyridine rings is 1. The Morgan fingerprint density at radius 3 is 2.90 bits per heavy atom. The van der Waals surface area contributed by atoms with Crippen LogP contribution in [0, 0.1) is 0 Å². The second kappa shape index (κ2) is 8.39. The van der Waals surface area contributed by atoms with Crippen LogP contribution in [0.3, 0.4) is 0 Å². The summed E-state index contributed by atoms with van der Waals surface area (Å²) < 4.78 is 0. The van der Waals surface area contributed by atoms with Gasteiger partial charge in [0.2, 0.25) is 0 Å². The molecule has 0 unspecified atom stereocenters. The Bertz CT molecular complexity index is 778. The first-order chi connectivity index (χ1) is 14.0. The molecule has 1 N–H and O–H groups in total. The van der Waals surface area contributed by atoms with Gasteiger partial charge in [0, 0.05) is 38.7 Å². The van der Waals surface area contributed by atoms with E-state index in [1.165, 1.54) is 19.3 Å². The number of carbonyl (C=O) groups excluding carboxylic acids is 2. The highest BCUT2D eigenvalue weighted by atomic mass is 16.7. The van der Waals surface area contributed by atoms with Crippen molar-refractivity contribution in [3.63, 3.8) is 0 Å². The Kier molecular flexibility index (Phi) is 5.69. The molecule has 2 fully saturated rings. The van der Waals surface area contributed by atoms with E-state index in [2.05, 4.69) is 15.5 Å². The normalized spacial score (nSPS) is 24.3. The van der Waals surface area contributed by atoms with Gasteiger partial charge in [-0.05, 0) is 25.0 Å². The fourth-order valence-corrected chi connectivity index (χ4v) is 4.41. The highest BCUT2D eigenvalue weighted by Crippen LogP contribution is 2.34. The van der Waals surface area contributed by atoms with Crippen molar-refractivity contribution in [2.75, 3.05) is 20.1 Å². The van der Waals surface area contributed by atoms with Crippen molar-refractivity contribution in [1.82, 2.24) is 20.1 Å². The zero-order valence-corrected chi connectivity index (χ0v) is 17.0. The summed E-state index contributed by atoms with van der Waals surface area (Å²) in [6.07, 6.45) is 8.59.